The van der Waals surface area contributed by atoms with Crippen molar-refractivity contribution in [2.24, 2.45) is 0 Å². The average molecular weight is 355 g/mol. The number of carbonyl (C=O) groups excluding carboxylic acids is 1. The van der Waals surface area contributed by atoms with Gasteiger partial charge in [0.05, 0.1) is 12.7 Å². The van der Waals surface area contributed by atoms with Crippen molar-refractivity contribution in [3.05, 3.63) is 59.0 Å². The third-order valence-corrected chi connectivity index (χ3v) is 4.14. The lowest BCUT2D eigenvalue weighted by molar-refractivity contribution is 0.0264. The predicted octanol–water partition coefficient (Wildman–Crippen LogP) is 3.71. The van der Waals surface area contributed by atoms with E-state index >= 15 is 0 Å². The van der Waals surface area contributed by atoms with Gasteiger partial charge >= 0.3 is 5.97 Å². The molecule has 3 aromatic rings. The Morgan fingerprint density at radius 1 is 1.23 bits per heavy atom. The van der Waals surface area contributed by atoms with Crippen LogP contribution in [0.1, 0.15) is 46.5 Å². The van der Waals surface area contributed by atoms with Crippen LogP contribution in [0.2, 0.25) is 0 Å². The molecule has 0 saturated heterocycles. The number of methoxy groups -OCH3 is 1. The normalized spacial score (nSPS) is 12.0. The summed E-state index contributed by atoms with van der Waals surface area (Å²) < 4.78 is 17.8. The number of benzene rings is 1. The highest BCUT2D eigenvalue weighted by Crippen LogP contribution is 2.25. The molecule has 26 heavy (non-hydrogen) atoms. The van der Waals surface area contributed by atoms with E-state index in [2.05, 4.69) is 10.1 Å². The van der Waals surface area contributed by atoms with E-state index in [9.17, 15) is 4.79 Å². The Bertz CT molecular complexity index is 942. The van der Waals surface area contributed by atoms with Crippen molar-refractivity contribution in [1.82, 2.24) is 14.7 Å². The largest absolute Gasteiger partial charge is 0.497 e. The van der Waals surface area contributed by atoms with Gasteiger partial charge in [0.25, 0.3) is 5.89 Å². The minimum Gasteiger partial charge on any atom is -0.497 e. The SMILES string of the molecule is COc1cccc(-n2c(C)cc(C(=O)O[C@H](C)c3nc(C)no3)c2C)c1. The summed E-state index contributed by atoms with van der Waals surface area (Å²) >= 11 is 0. The van der Waals surface area contributed by atoms with Gasteiger partial charge in [-0.05, 0) is 45.9 Å². The molecular formula is C19H21N3O4. The van der Waals surface area contributed by atoms with Crippen molar-refractivity contribution < 1.29 is 18.8 Å². The highest BCUT2D eigenvalue weighted by Gasteiger charge is 2.23. The molecular weight excluding hydrogens is 334 g/mol. The van der Waals surface area contributed by atoms with Crippen LogP contribution < -0.4 is 4.74 Å². The molecule has 136 valence electrons. The van der Waals surface area contributed by atoms with E-state index in [-0.39, 0.29) is 5.89 Å². The standard InChI is InChI=1S/C19H21N3O4/c1-11-9-17(19(23)25-13(3)18-20-14(4)21-26-18)12(2)22(11)15-7-6-8-16(10-15)24-5/h6-10,13H,1-5H3/t13-/m1/s1. The van der Waals surface area contributed by atoms with Gasteiger partial charge in [0, 0.05) is 23.1 Å². The Morgan fingerprint density at radius 2 is 2.00 bits per heavy atom. The van der Waals surface area contributed by atoms with Crippen molar-refractivity contribution in [3.8, 4) is 11.4 Å². The smallest absolute Gasteiger partial charge is 0.340 e. The lowest BCUT2D eigenvalue weighted by Gasteiger charge is -2.12. The predicted molar refractivity (Wildman–Crippen MR) is 94.7 cm³/mol. The number of ether oxygens (including phenoxy) is 2. The van der Waals surface area contributed by atoms with E-state index < -0.39 is 12.1 Å². The van der Waals surface area contributed by atoms with Crippen LogP contribution in [0, 0.1) is 20.8 Å². The zero-order chi connectivity index (χ0) is 18.8. The molecule has 1 atom stereocenters. The maximum Gasteiger partial charge on any atom is 0.340 e. The van der Waals surface area contributed by atoms with E-state index in [4.69, 9.17) is 14.0 Å². The highest BCUT2D eigenvalue weighted by atomic mass is 16.6. The van der Waals surface area contributed by atoms with Crippen molar-refractivity contribution in [1.29, 1.82) is 0 Å². The van der Waals surface area contributed by atoms with Crippen LogP contribution in [-0.4, -0.2) is 27.8 Å². The maximum atomic E-state index is 12.6. The van der Waals surface area contributed by atoms with Crippen LogP contribution >= 0.6 is 0 Å². The monoisotopic (exact) mass is 355 g/mol. The van der Waals surface area contributed by atoms with Crippen LogP contribution in [0.15, 0.2) is 34.9 Å². The van der Waals surface area contributed by atoms with Gasteiger partial charge in [-0.1, -0.05) is 11.2 Å². The average Bonchev–Trinajstić information content (AvgIpc) is 3.18. The first-order valence-corrected chi connectivity index (χ1v) is 8.25. The van der Waals surface area contributed by atoms with Crippen LogP contribution in [0.4, 0.5) is 0 Å². The molecule has 0 bridgehead atoms. The number of rotatable bonds is 5. The molecule has 2 heterocycles. The third kappa shape index (κ3) is 3.33. The Kier molecular flexibility index (Phi) is 4.79. The molecule has 0 radical (unpaired) electrons. The van der Waals surface area contributed by atoms with Crippen LogP contribution in [0.3, 0.4) is 0 Å². The van der Waals surface area contributed by atoms with E-state index in [1.54, 1.807) is 21.0 Å². The van der Waals surface area contributed by atoms with Gasteiger partial charge < -0.3 is 18.6 Å². The topological polar surface area (TPSA) is 79.4 Å². The molecule has 0 aliphatic carbocycles. The number of carbonyl (C=O) groups is 1. The molecule has 0 aliphatic rings. The Balaban J connectivity index is 1.88. The first-order valence-electron chi connectivity index (χ1n) is 8.25. The molecule has 7 heteroatoms. The van der Waals surface area contributed by atoms with E-state index in [0.717, 1.165) is 22.8 Å². The Labute approximate surface area is 151 Å². The molecule has 7 nitrogen and oxygen atoms in total. The molecule has 0 fully saturated rings. The summed E-state index contributed by atoms with van der Waals surface area (Å²) in [6.07, 6.45) is -0.622. The van der Waals surface area contributed by atoms with Gasteiger partial charge in [-0.2, -0.15) is 4.98 Å². The van der Waals surface area contributed by atoms with Crippen molar-refractivity contribution in [2.45, 2.75) is 33.8 Å². The molecule has 0 saturated carbocycles. The van der Waals surface area contributed by atoms with Gasteiger partial charge in [-0.25, -0.2) is 4.79 Å². The molecule has 3 rings (SSSR count). The number of nitrogens with zero attached hydrogens (tertiary/aromatic N) is 3. The molecule has 2 aromatic heterocycles. The second-order valence-corrected chi connectivity index (χ2v) is 6.05. The number of hydrogen-bond donors (Lipinski definition) is 0. The van der Waals surface area contributed by atoms with Crippen molar-refractivity contribution in [2.75, 3.05) is 7.11 Å². The Hall–Kier alpha value is -3.09. The Morgan fingerprint density at radius 3 is 2.65 bits per heavy atom. The van der Waals surface area contributed by atoms with Gasteiger partial charge in [0.2, 0.25) is 0 Å². The second-order valence-electron chi connectivity index (χ2n) is 6.05. The summed E-state index contributed by atoms with van der Waals surface area (Å²) in [6.45, 7) is 7.23. The van der Waals surface area contributed by atoms with Gasteiger partial charge in [-0.15, -0.1) is 0 Å². The lowest BCUT2D eigenvalue weighted by Crippen LogP contribution is -2.11. The first kappa shape index (κ1) is 17.7. The van der Waals surface area contributed by atoms with E-state index in [0.29, 0.717) is 11.4 Å². The third-order valence-electron chi connectivity index (χ3n) is 4.14. The summed E-state index contributed by atoms with van der Waals surface area (Å²) in [4.78, 5) is 16.7. The quantitative estimate of drug-likeness (QED) is 0.649. The van der Waals surface area contributed by atoms with Gasteiger partial charge in [-0.3, -0.25) is 0 Å². The highest BCUT2D eigenvalue weighted by molar-refractivity contribution is 5.91. The molecule has 0 spiro atoms. The summed E-state index contributed by atoms with van der Waals surface area (Å²) in [7, 11) is 1.62. The zero-order valence-corrected chi connectivity index (χ0v) is 15.4. The molecule has 1 aromatic carbocycles. The van der Waals surface area contributed by atoms with Crippen LogP contribution in [0.5, 0.6) is 5.75 Å². The van der Waals surface area contributed by atoms with Crippen molar-refractivity contribution >= 4 is 5.97 Å². The lowest BCUT2D eigenvalue weighted by atomic mass is 10.2. The van der Waals surface area contributed by atoms with E-state index in [1.165, 1.54) is 0 Å². The minimum atomic E-state index is -0.622. The first-order chi connectivity index (χ1) is 12.4. The maximum absolute atomic E-state index is 12.6. The van der Waals surface area contributed by atoms with Crippen molar-refractivity contribution in [3.63, 3.8) is 0 Å². The number of aryl methyl sites for hydroxylation is 2. The summed E-state index contributed by atoms with van der Waals surface area (Å²) in [5.74, 6) is 1.09. The van der Waals surface area contributed by atoms with E-state index in [1.807, 2.05) is 48.7 Å². The van der Waals surface area contributed by atoms with Crippen LogP contribution in [0.25, 0.3) is 5.69 Å². The molecule has 0 aliphatic heterocycles. The number of aromatic nitrogens is 3. The van der Waals surface area contributed by atoms with Crippen LogP contribution in [-0.2, 0) is 4.74 Å². The fourth-order valence-corrected chi connectivity index (χ4v) is 2.87. The van der Waals surface area contributed by atoms with Gasteiger partial charge in [0.15, 0.2) is 11.9 Å². The second kappa shape index (κ2) is 7.03. The summed E-state index contributed by atoms with van der Waals surface area (Å²) in [5.41, 5.74) is 3.12. The number of esters is 1. The molecule has 0 unspecified atom stereocenters. The summed E-state index contributed by atoms with van der Waals surface area (Å²) in [6, 6.07) is 9.47. The fourth-order valence-electron chi connectivity index (χ4n) is 2.87. The van der Waals surface area contributed by atoms with Gasteiger partial charge in [0.1, 0.15) is 5.75 Å². The molecule has 0 amide bonds. The number of hydrogen-bond acceptors (Lipinski definition) is 6. The minimum absolute atomic E-state index is 0.275. The fraction of sp³-hybridized carbons (Fsp3) is 0.316. The molecule has 0 N–H and O–H groups in total. The summed E-state index contributed by atoms with van der Waals surface area (Å²) in [5, 5.41) is 3.72. The zero-order valence-electron chi connectivity index (χ0n) is 15.4.